The van der Waals surface area contributed by atoms with Gasteiger partial charge in [0, 0.05) is 0 Å². The predicted molar refractivity (Wildman–Crippen MR) is 52.1 cm³/mol. The van der Waals surface area contributed by atoms with Gasteiger partial charge < -0.3 is 24.9 Å². The van der Waals surface area contributed by atoms with Gasteiger partial charge in [0.25, 0.3) is 0 Å². The van der Waals surface area contributed by atoms with Crippen LogP contribution in [0.4, 0.5) is 0 Å². The van der Waals surface area contributed by atoms with E-state index in [2.05, 4.69) is 4.74 Å². The summed E-state index contributed by atoms with van der Waals surface area (Å²) in [6, 6.07) is 0. The molecule has 0 aromatic carbocycles. The van der Waals surface area contributed by atoms with Crippen molar-refractivity contribution in [2.45, 2.75) is 44.3 Å². The summed E-state index contributed by atoms with van der Waals surface area (Å²) >= 11 is 0. The van der Waals surface area contributed by atoms with Crippen molar-refractivity contribution in [2.75, 3.05) is 7.11 Å². The van der Waals surface area contributed by atoms with E-state index in [1.165, 1.54) is 13.8 Å². The summed E-state index contributed by atoms with van der Waals surface area (Å²) in [6.45, 7) is 2.95. The monoisotopic (exact) mass is 233 g/mol. The molecule has 0 heterocycles. The number of carboxylic acids is 1. The van der Waals surface area contributed by atoms with Crippen LogP contribution in [0.25, 0.3) is 0 Å². The first-order valence-corrected chi connectivity index (χ1v) is 4.84. The number of ether oxygens (including phenoxy) is 1. The zero-order valence-electron chi connectivity index (χ0n) is 9.65. The van der Waals surface area contributed by atoms with Gasteiger partial charge in [-0.1, -0.05) is 0 Å². The van der Waals surface area contributed by atoms with Gasteiger partial charge in [0.1, 0.15) is 5.60 Å². The van der Waals surface area contributed by atoms with Crippen molar-refractivity contribution in [1.82, 2.24) is 0 Å². The summed E-state index contributed by atoms with van der Waals surface area (Å²) in [7, 11) is 1.09. The Morgan fingerprint density at radius 1 is 1.25 bits per heavy atom. The molecule has 6 heteroatoms. The van der Waals surface area contributed by atoms with E-state index in [0.29, 0.717) is 0 Å². The molecule has 0 bridgehead atoms. The van der Waals surface area contributed by atoms with Crippen LogP contribution in [0.1, 0.15) is 33.1 Å². The minimum absolute atomic E-state index is 0.0223. The third-order valence-electron chi connectivity index (χ3n) is 2.19. The van der Waals surface area contributed by atoms with Crippen LogP contribution >= 0.6 is 0 Å². The summed E-state index contributed by atoms with van der Waals surface area (Å²) in [5.74, 6) is -2.59. The van der Waals surface area contributed by atoms with Crippen molar-refractivity contribution in [3.63, 3.8) is 0 Å². The maximum atomic E-state index is 10.9. The van der Waals surface area contributed by atoms with Crippen LogP contribution < -0.4 is 5.11 Å². The lowest BCUT2D eigenvalue weighted by molar-refractivity contribution is -0.325. The molecular weight excluding hydrogens is 216 g/mol. The van der Waals surface area contributed by atoms with Crippen molar-refractivity contribution in [3.05, 3.63) is 0 Å². The Morgan fingerprint density at radius 3 is 2.06 bits per heavy atom. The largest absolute Gasteiger partial charge is 0.547 e. The van der Waals surface area contributed by atoms with E-state index in [1.807, 2.05) is 0 Å². The van der Waals surface area contributed by atoms with Crippen LogP contribution in [0.3, 0.4) is 0 Å². The van der Waals surface area contributed by atoms with Crippen LogP contribution in [-0.4, -0.2) is 40.5 Å². The van der Waals surface area contributed by atoms with Gasteiger partial charge in [0.05, 0.1) is 25.1 Å². The van der Waals surface area contributed by atoms with E-state index in [9.17, 15) is 24.9 Å². The molecule has 0 aliphatic rings. The molecule has 0 rings (SSSR count). The average molecular weight is 233 g/mol. The molecule has 0 saturated heterocycles. The summed E-state index contributed by atoms with van der Waals surface area (Å²) in [5, 5.41) is 29.8. The van der Waals surface area contributed by atoms with Crippen molar-refractivity contribution in [2.24, 2.45) is 0 Å². The fraction of sp³-hybridized carbons (Fsp3) is 0.800. The van der Waals surface area contributed by atoms with Gasteiger partial charge in [0.2, 0.25) is 0 Å². The number of carbonyl (C=O) groups excluding carboxylic acids is 2. The molecule has 0 spiro atoms. The topological polar surface area (TPSA) is 107 Å². The Hall–Kier alpha value is -1.14. The number of rotatable bonds is 6. The number of esters is 1. The molecule has 0 aliphatic heterocycles. The Bertz CT molecular complexity index is 267. The van der Waals surface area contributed by atoms with E-state index in [4.69, 9.17) is 0 Å². The van der Waals surface area contributed by atoms with Crippen molar-refractivity contribution >= 4 is 11.9 Å². The highest BCUT2D eigenvalue weighted by atomic mass is 16.5. The first kappa shape index (κ1) is 14.9. The van der Waals surface area contributed by atoms with Gasteiger partial charge in [-0.05, 0) is 26.7 Å². The Balaban J connectivity index is 4.58. The molecule has 1 unspecified atom stereocenters. The molecule has 0 aliphatic carbocycles. The molecule has 0 fully saturated rings. The van der Waals surface area contributed by atoms with Gasteiger partial charge in [-0.25, -0.2) is 0 Å². The highest BCUT2D eigenvalue weighted by Gasteiger charge is 2.33. The first-order valence-electron chi connectivity index (χ1n) is 4.84. The normalized spacial score (nSPS) is 15.3. The molecule has 94 valence electrons. The number of hydrogen-bond donors (Lipinski definition) is 2. The summed E-state index contributed by atoms with van der Waals surface area (Å²) in [4.78, 5) is 21.7. The van der Waals surface area contributed by atoms with Crippen LogP contribution in [0.2, 0.25) is 0 Å². The van der Waals surface area contributed by atoms with Crippen molar-refractivity contribution in [3.8, 4) is 0 Å². The van der Waals surface area contributed by atoms with E-state index >= 15 is 0 Å². The lowest BCUT2D eigenvalue weighted by Crippen LogP contribution is -2.50. The minimum atomic E-state index is -2.30. The van der Waals surface area contributed by atoms with Crippen molar-refractivity contribution < 1.29 is 29.6 Å². The molecular formula is C10H17O6-. The lowest BCUT2D eigenvalue weighted by Gasteiger charge is -2.30. The lowest BCUT2D eigenvalue weighted by atomic mass is 9.89. The van der Waals surface area contributed by atoms with Gasteiger partial charge >= 0.3 is 5.97 Å². The quantitative estimate of drug-likeness (QED) is 0.545. The molecule has 0 amide bonds. The minimum Gasteiger partial charge on any atom is -0.547 e. The van der Waals surface area contributed by atoms with Gasteiger partial charge in [0.15, 0.2) is 0 Å². The van der Waals surface area contributed by atoms with E-state index in [-0.39, 0.29) is 12.8 Å². The summed E-state index contributed by atoms with van der Waals surface area (Å²) < 4.78 is 4.28. The number of carbonyl (C=O) groups is 2. The highest BCUT2D eigenvalue weighted by Crippen LogP contribution is 2.22. The first-order chi connectivity index (χ1) is 7.10. The zero-order valence-corrected chi connectivity index (χ0v) is 9.65. The van der Waals surface area contributed by atoms with Gasteiger partial charge in [-0.15, -0.1) is 0 Å². The van der Waals surface area contributed by atoms with Crippen LogP contribution in [0, 0.1) is 0 Å². The number of aliphatic hydroxyl groups is 2. The van der Waals surface area contributed by atoms with Crippen molar-refractivity contribution in [1.29, 1.82) is 0 Å². The third-order valence-corrected chi connectivity index (χ3v) is 2.19. The second-order valence-corrected chi connectivity index (χ2v) is 4.38. The molecule has 2 N–H and O–H groups in total. The second-order valence-electron chi connectivity index (χ2n) is 4.38. The second kappa shape index (κ2) is 5.27. The van der Waals surface area contributed by atoms with E-state index in [0.717, 1.165) is 7.11 Å². The molecule has 0 aromatic rings. The standard InChI is InChI=1S/C10H18O6/c1-9(2,14)4-5-10(15,8(12)13)6-7(11)16-3/h14-15H,4-6H2,1-3H3,(H,12,13)/p-1. The maximum Gasteiger partial charge on any atom is 0.308 e. The zero-order chi connectivity index (χ0) is 13.0. The maximum absolute atomic E-state index is 10.9. The fourth-order valence-electron chi connectivity index (χ4n) is 1.09. The number of carboxylic acid groups (broad SMARTS) is 1. The van der Waals surface area contributed by atoms with Gasteiger partial charge in [-0.3, -0.25) is 4.79 Å². The molecule has 0 saturated carbocycles. The third kappa shape index (κ3) is 5.09. The predicted octanol–water partition coefficient (Wildman–Crippen LogP) is -1.42. The van der Waals surface area contributed by atoms with Crippen LogP contribution in [-0.2, 0) is 14.3 Å². The smallest absolute Gasteiger partial charge is 0.308 e. The number of methoxy groups -OCH3 is 1. The van der Waals surface area contributed by atoms with Crippen LogP contribution in [0.15, 0.2) is 0 Å². The highest BCUT2D eigenvalue weighted by molar-refractivity contribution is 5.82. The van der Waals surface area contributed by atoms with Crippen LogP contribution in [0.5, 0.6) is 0 Å². The molecule has 16 heavy (non-hydrogen) atoms. The fourth-order valence-corrected chi connectivity index (χ4v) is 1.09. The van der Waals surface area contributed by atoms with E-state index < -0.39 is 29.6 Å². The number of aliphatic carboxylic acids is 1. The molecule has 6 nitrogen and oxygen atoms in total. The summed E-state index contributed by atoms with van der Waals surface area (Å²) in [5.41, 5.74) is -3.42. The van der Waals surface area contributed by atoms with E-state index in [1.54, 1.807) is 0 Å². The Morgan fingerprint density at radius 2 is 1.75 bits per heavy atom. The molecule has 0 radical (unpaired) electrons. The summed E-state index contributed by atoms with van der Waals surface area (Å²) in [6.07, 6.45) is -0.954. The SMILES string of the molecule is COC(=O)CC(O)(CCC(C)(C)O)C(=O)[O-]. The Labute approximate surface area is 93.8 Å². The molecule has 0 aromatic heterocycles. The average Bonchev–Trinajstić information content (AvgIpc) is 2.13. The Kier molecular flexibility index (Phi) is 4.89. The molecule has 1 atom stereocenters. The number of hydrogen-bond acceptors (Lipinski definition) is 6. The van der Waals surface area contributed by atoms with Gasteiger partial charge in [-0.2, -0.15) is 0 Å².